The summed E-state index contributed by atoms with van der Waals surface area (Å²) in [6.45, 7) is 4.65. The SMILES string of the molecule is CCCCOc1cc([N+](=O)[O-])c(OCCCC)cc1CN1C(=O)c2ccccc2C1=O. The lowest BCUT2D eigenvalue weighted by molar-refractivity contribution is -0.386. The molecular formula is C23H26N2O6. The van der Waals surface area contributed by atoms with Gasteiger partial charge in [-0.1, -0.05) is 38.8 Å². The number of nitro benzene ring substituents is 1. The van der Waals surface area contributed by atoms with Crippen LogP contribution in [0.3, 0.4) is 0 Å². The molecule has 3 rings (SSSR count). The van der Waals surface area contributed by atoms with E-state index in [-0.39, 0.29) is 23.7 Å². The summed E-state index contributed by atoms with van der Waals surface area (Å²) in [5.41, 5.74) is 0.987. The van der Waals surface area contributed by atoms with Crippen LogP contribution in [-0.4, -0.2) is 34.9 Å². The maximum atomic E-state index is 12.8. The van der Waals surface area contributed by atoms with Crippen LogP contribution in [0.5, 0.6) is 11.5 Å². The molecule has 0 radical (unpaired) electrons. The lowest BCUT2D eigenvalue weighted by Crippen LogP contribution is -2.29. The highest BCUT2D eigenvalue weighted by atomic mass is 16.6. The van der Waals surface area contributed by atoms with Crippen molar-refractivity contribution in [1.82, 2.24) is 4.90 Å². The minimum Gasteiger partial charge on any atom is -0.493 e. The van der Waals surface area contributed by atoms with Crippen molar-refractivity contribution in [3.63, 3.8) is 0 Å². The zero-order valence-corrected chi connectivity index (χ0v) is 17.8. The zero-order valence-electron chi connectivity index (χ0n) is 17.8. The molecule has 0 fully saturated rings. The molecule has 2 amide bonds. The smallest absolute Gasteiger partial charge is 0.314 e. The Kier molecular flexibility index (Phi) is 7.23. The fraction of sp³-hybridized carbons (Fsp3) is 0.391. The molecule has 2 aromatic carbocycles. The number of carbonyl (C=O) groups excluding carboxylic acids is 2. The van der Waals surface area contributed by atoms with E-state index in [9.17, 15) is 19.7 Å². The number of hydrogen-bond acceptors (Lipinski definition) is 6. The third-order valence-corrected chi connectivity index (χ3v) is 5.06. The van der Waals surface area contributed by atoms with Gasteiger partial charge in [-0.3, -0.25) is 24.6 Å². The Hall–Kier alpha value is -3.42. The number of amides is 2. The van der Waals surface area contributed by atoms with Crippen molar-refractivity contribution in [2.24, 2.45) is 0 Å². The van der Waals surface area contributed by atoms with E-state index >= 15 is 0 Å². The summed E-state index contributed by atoms with van der Waals surface area (Å²) >= 11 is 0. The first-order valence-corrected chi connectivity index (χ1v) is 10.5. The molecule has 0 saturated carbocycles. The topological polar surface area (TPSA) is 99.0 Å². The Bertz CT molecular complexity index is 953. The first-order chi connectivity index (χ1) is 15.0. The number of fused-ring (bicyclic) bond motifs is 1. The molecule has 0 spiro atoms. The van der Waals surface area contributed by atoms with Crippen LogP contribution in [0.4, 0.5) is 5.69 Å². The number of nitrogens with zero attached hydrogens (tertiary/aromatic N) is 2. The van der Waals surface area contributed by atoms with Gasteiger partial charge in [-0.2, -0.15) is 0 Å². The van der Waals surface area contributed by atoms with Crippen molar-refractivity contribution < 1.29 is 24.0 Å². The van der Waals surface area contributed by atoms with E-state index in [1.54, 1.807) is 24.3 Å². The Balaban J connectivity index is 1.96. The summed E-state index contributed by atoms with van der Waals surface area (Å²) in [4.78, 5) is 37.8. The summed E-state index contributed by atoms with van der Waals surface area (Å²) in [5.74, 6) is -0.411. The minimum absolute atomic E-state index is 0.0596. The molecule has 0 unspecified atom stereocenters. The third-order valence-electron chi connectivity index (χ3n) is 5.06. The summed E-state index contributed by atoms with van der Waals surface area (Å²) < 4.78 is 11.5. The van der Waals surface area contributed by atoms with E-state index in [1.165, 1.54) is 12.1 Å². The molecule has 1 heterocycles. The molecule has 31 heavy (non-hydrogen) atoms. The summed E-state index contributed by atoms with van der Waals surface area (Å²) in [6, 6.07) is 9.48. The van der Waals surface area contributed by atoms with Gasteiger partial charge < -0.3 is 9.47 Å². The van der Waals surface area contributed by atoms with Crippen LogP contribution in [0, 0.1) is 10.1 Å². The zero-order chi connectivity index (χ0) is 22.4. The molecule has 0 saturated heterocycles. The highest BCUT2D eigenvalue weighted by Crippen LogP contribution is 2.37. The monoisotopic (exact) mass is 426 g/mol. The normalized spacial score (nSPS) is 12.8. The first-order valence-electron chi connectivity index (χ1n) is 10.5. The summed E-state index contributed by atoms with van der Waals surface area (Å²) in [7, 11) is 0. The van der Waals surface area contributed by atoms with Crippen molar-refractivity contribution in [3.05, 3.63) is 63.2 Å². The Labute approximate surface area is 180 Å². The summed E-state index contributed by atoms with van der Waals surface area (Å²) in [5, 5.41) is 11.6. The first kappa shape index (κ1) is 22.3. The second-order valence-corrected chi connectivity index (χ2v) is 7.33. The van der Waals surface area contributed by atoms with Crippen molar-refractivity contribution in [2.75, 3.05) is 13.2 Å². The van der Waals surface area contributed by atoms with Gasteiger partial charge in [-0.05, 0) is 31.0 Å². The molecule has 0 bridgehead atoms. The van der Waals surface area contributed by atoms with E-state index in [0.717, 1.165) is 30.6 Å². The van der Waals surface area contributed by atoms with Crippen LogP contribution in [0.15, 0.2) is 36.4 Å². The van der Waals surface area contributed by atoms with E-state index in [1.807, 2.05) is 13.8 Å². The largest absolute Gasteiger partial charge is 0.493 e. The second-order valence-electron chi connectivity index (χ2n) is 7.33. The van der Waals surface area contributed by atoms with Gasteiger partial charge in [-0.25, -0.2) is 0 Å². The minimum atomic E-state index is -0.514. The number of ether oxygens (including phenoxy) is 2. The van der Waals surface area contributed by atoms with E-state index < -0.39 is 16.7 Å². The standard InChI is InChI=1S/C23H26N2O6/c1-3-5-11-30-20-14-19(25(28)29)21(31-12-6-4-2)13-16(20)15-24-22(26)17-9-7-8-10-18(17)23(24)27/h7-10,13-14H,3-6,11-12,15H2,1-2H3. The summed E-state index contributed by atoms with van der Waals surface area (Å²) in [6.07, 6.45) is 3.30. The number of carbonyl (C=O) groups is 2. The average Bonchev–Trinajstić information content (AvgIpc) is 3.00. The third kappa shape index (κ3) is 4.84. The van der Waals surface area contributed by atoms with Crippen molar-refractivity contribution in [3.8, 4) is 11.5 Å². The van der Waals surface area contributed by atoms with Crippen molar-refractivity contribution in [2.45, 2.75) is 46.1 Å². The quantitative estimate of drug-likeness (QED) is 0.223. The highest BCUT2D eigenvalue weighted by Gasteiger charge is 2.36. The van der Waals surface area contributed by atoms with Crippen LogP contribution in [0.1, 0.15) is 65.8 Å². The van der Waals surface area contributed by atoms with Gasteiger partial charge in [0.05, 0.1) is 41.9 Å². The fourth-order valence-corrected chi connectivity index (χ4v) is 3.31. The lowest BCUT2D eigenvalue weighted by Gasteiger charge is -2.18. The number of benzene rings is 2. The highest BCUT2D eigenvalue weighted by molar-refractivity contribution is 6.21. The van der Waals surface area contributed by atoms with Gasteiger partial charge in [0, 0.05) is 5.56 Å². The number of unbranched alkanes of at least 4 members (excludes halogenated alkanes) is 2. The lowest BCUT2D eigenvalue weighted by atomic mass is 10.1. The van der Waals surface area contributed by atoms with Gasteiger partial charge in [0.2, 0.25) is 0 Å². The van der Waals surface area contributed by atoms with Crippen LogP contribution in [0.25, 0.3) is 0 Å². The number of hydrogen-bond donors (Lipinski definition) is 0. The second kappa shape index (κ2) is 10.1. The molecule has 1 aliphatic rings. The molecule has 164 valence electrons. The Morgan fingerprint density at radius 1 is 0.903 bits per heavy atom. The molecule has 0 N–H and O–H groups in total. The molecule has 0 atom stereocenters. The molecule has 8 nitrogen and oxygen atoms in total. The fourth-order valence-electron chi connectivity index (χ4n) is 3.31. The molecule has 1 aliphatic heterocycles. The van der Waals surface area contributed by atoms with Crippen LogP contribution >= 0.6 is 0 Å². The van der Waals surface area contributed by atoms with Crippen molar-refractivity contribution >= 4 is 17.5 Å². The van der Waals surface area contributed by atoms with E-state index in [2.05, 4.69) is 0 Å². The molecule has 0 aromatic heterocycles. The number of rotatable bonds is 11. The number of nitro groups is 1. The predicted octanol–water partition coefficient (Wildman–Crippen LogP) is 4.75. The van der Waals surface area contributed by atoms with Crippen LogP contribution in [-0.2, 0) is 6.54 Å². The molecule has 2 aromatic rings. The van der Waals surface area contributed by atoms with E-state index in [4.69, 9.17) is 9.47 Å². The maximum Gasteiger partial charge on any atom is 0.314 e. The van der Waals surface area contributed by atoms with E-state index in [0.29, 0.717) is 29.9 Å². The molecule has 8 heteroatoms. The number of imide groups is 1. The van der Waals surface area contributed by atoms with Gasteiger partial charge in [0.25, 0.3) is 11.8 Å². The Morgan fingerprint density at radius 2 is 1.45 bits per heavy atom. The van der Waals surface area contributed by atoms with Gasteiger partial charge in [-0.15, -0.1) is 0 Å². The Morgan fingerprint density at radius 3 is 1.97 bits per heavy atom. The van der Waals surface area contributed by atoms with Gasteiger partial charge >= 0.3 is 5.69 Å². The molecule has 0 aliphatic carbocycles. The van der Waals surface area contributed by atoms with Crippen molar-refractivity contribution in [1.29, 1.82) is 0 Å². The van der Waals surface area contributed by atoms with Crippen LogP contribution in [0.2, 0.25) is 0 Å². The average molecular weight is 426 g/mol. The van der Waals surface area contributed by atoms with Gasteiger partial charge in [0.1, 0.15) is 5.75 Å². The van der Waals surface area contributed by atoms with Crippen LogP contribution < -0.4 is 9.47 Å². The molecular weight excluding hydrogens is 400 g/mol. The maximum absolute atomic E-state index is 12.8. The predicted molar refractivity (Wildman–Crippen MR) is 115 cm³/mol. The van der Waals surface area contributed by atoms with Gasteiger partial charge in [0.15, 0.2) is 5.75 Å².